The molecule has 0 aliphatic rings. The van der Waals surface area contributed by atoms with Gasteiger partial charge in [-0.3, -0.25) is 4.40 Å². The SMILES string of the molecule is CC(C)(C)c1cn2cccnc2n1. The number of hydrogen-bond acceptors (Lipinski definition) is 2. The van der Waals surface area contributed by atoms with E-state index >= 15 is 0 Å². The van der Waals surface area contributed by atoms with Crippen molar-refractivity contribution >= 4 is 5.78 Å². The average molecular weight is 175 g/mol. The normalized spacial score (nSPS) is 12.2. The molecule has 2 aromatic heterocycles. The maximum atomic E-state index is 4.44. The van der Waals surface area contributed by atoms with Gasteiger partial charge in [0.15, 0.2) is 0 Å². The third-order valence-electron chi connectivity index (χ3n) is 2.00. The van der Waals surface area contributed by atoms with E-state index < -0.39 is 0 Å². The molecule has 0 fully saturated rings. The second-order valence-electron chi connectivity index (χ2n) is 4.20. The van der Waals surface area contributed by atoms with E-state index in [1.165, 1.54) is 0 Å². The van der Waals surface area contributed by atoms with Crippen LogP contribution in [0.25, 0.3) is 5.78 Å². The minimum absolute atomic E-state index is 0.0910. The summed E-state index contributed by atoms with van der Waals surface area (Å²) in [4.78, 5) is 8.60. The molecule has 3 nitrogen and oxygen atoms in total. The van der Waals surface area contributed by atoms with Crippen molar-refractivity contribution in [3.63, 3.8) is 0 Å². The Kier molecular flexibility index (Phi) is 1.62. The Balaban J connectivity index is 2.63. The van der Waals surface area contributed by atoms with Crippen molar-refractivity contribution in [3.8, 4) is 0 Å². The zero-order valence-electron chi connectivity index (χ0n) is 8.15. The minimum Gasteiger partial charge on any atom is -0.291 e. The topological polar surface area (TPSA) is 30.2 Å². The van der Waals surface area contributed by atoms with Crippen molar-refractivity contribution in [1.82, 2.24) is 14.4 Å². The highest BCUT2D eigenvalue weighted by Gasteiger charge is 2.17. The van der Waals surface area contributed by atoms with Gasteiger partial charge in [0.2, 0.25) is 5.78 Å². The molecule has 0 atom stereocenters. The van der Waals surface area contributed by atoms with E-state index in [0.29, 0.717) is 0 Å². The van der Waals surface area contributed by atoms with Gasteiger partial charge in [0.25, 0.3) is 0 Å². The molecule has 0 aliphatic carbocycles. The number of nitrogens with zero attached hydrogens (tertiary/aromatic N) is 3. The Morgan fingerprint density at radius 3 is 2.69 bits per heavy atom. The van der Waals surface area contributed by atoms with Crippen LogP contribution in [0, 0.1) is 0 Å². The Morgan fingerprint density at radius 2 is 2.08 bits per heavy atom. The molecule has 68 valence electrons. The van der Waals surface area contributed by atoms with E-state index in [1.807, 2.05) is 22.9 Å². The zero-order chi connectivity index (χ0) is 9.47. The van der Waals surface area contributed by atoms with Gasteiger partial charge in [0.05, 0.1) is 5.69 Å². The van der Waals surface area contributed by atoms with Gasteiger partial charge < -0.3 is 0 Å². The van der Waals surface area contributed by atoms with Crippen LogP contribution in [0.4, 0.5) is 0 Å². The van der Waals surface area contributed by atoms with Crippen molar-refractivity contribution < 1.29 is 0 Å². The van der Waals surface area contributed by atoms with Crippen LogP contribution in [0.3, 0.4) is 0 Å². The summed E-state index contributed by atoms with van der Waals surface area (Å²) in [7, 11) is 0. The predicted molar refractivity (Wildman–Crippen MR) is 51.7 cm³/mol. The summed E-state index contributed by atoms with van der Waals surface area (Å²) < 4.78 is 1.95. The molecule has 0 radical (unpaired) electrons. The monoisotopic (exact) mass is 175 g/mol. The number of aromatic nitrogens is 3. The predicted octanol–water partition coefficient (Wildman–Crippen LogP) is 2.03. The summed E-state index contributed by atoms with van der Waals surface area (Å²) in [5, 5.41) is 0. The van der Waals surface area contributed by atoms with E-state index in [4.69, 9.17) is 0 Å². The highest BCUT2D eigenvalue weighted by molar-refractivity contribution is 5.31. The van der Waals surface area contributed by atoms with Crippen LogP contribution < -0.4 is 0 Å². The second-order valence-corrected chi connectivity index (χ2v) is 4.20. The molecular weight excluding hydrogens is 162 g/mol. The van der Waals surface area contributed by atoms with Crippen LogP contribution in [-0.4, -0.2) is 14.4 Å². The summed E-state index contributed by atoms with van der Waals surface area (Å²) in [6.07, 6.45) is 5.75. The zero-order valence-corrected chi connectivity index (χ0v) is 8.15. The van der Waals surface area contributed by atoms with E-state index in [0.717, 1.165) is 11.5 Å². The van der Waals surface area contributed by atoms with E-state index in [9.17, 15) is 0 Å². The Labute approximate surface area is 77.4 Å². The first-order valence-electron chi connectivity index (χ1n) is 4.37. The molecule has 2 rings (SSSR count). The fraction of sp³-hybridized carbons (Fsp3) is 0.400. The van der Waals surface area contributed by atoms with Crippen LogP contribution in [0.1, 0.15) is 26.5 Å². The van der Waals surface area contributed by atoms with Gasteiger partial charge in [-0.25, -0.2) is 9.97 Å². The van der Waals surface area contributed by atoms with Crippen LogP contribution in [-0.2, 0) is 5.41 Å². The second kappa shape index (κ2) is 2.55. The average Bonchev–Trinajstić information content (AvgIpc) is 2.45. The molecule has 2 heterocycles. The highest BCUT2D eigenvalue weighted by atomic mass is 15.1. The number of imidazole rings is 1. The fourth-order valence-corrected chi connectivity index (χ4v) is 1.19. The molecule has 0 bridgehead atoms. The Morgan fingerprint density at radius 1 is 1.31 bits per heavy atom. The van der Waals surface area contributed by atoms with Crippen molar-refractivity contribution in [2.45, 2.75) is 26.2 Å². The van der Waals surface area contributed by atoms with Crippen LogP contribution in [0.5, 0.6) is 0 Å². The first-order valence-corrected chi connectivity index (χ1v) is 4.37. The minimum atomic E-state index is 0.0910. The molecule has 0 aromatic carbocycles. The standard InChI is InChI=1S/C10H13N3/c1-10(2,3)8-7-13-6-4-5-11-9(13)12-8/h4-7H,1-3H3. The third kappa shape index (κ3) is 1.41. The smallest absolute Gasteiger partial charge is 0.233 e. The molecule has 13 heavy (non-hydrogen) atoms. The quantitative estimate of drug-likeness (QED) is 0.613. The summed E-state index contributed by atoms with van der Waals surface area (Å²) in [5.74, 6) is 0.771. The number of rotatable bonds is 0. The van der Waals surface area contributed by atoms with Crippen molar-refractivity contribution in [3.05, 3.63) is 30.4 Å². The van der Waals surface area contributed by atoms with Crippen molar-refractivity contribution in [2.24, 2.45) is 0 Å². The number of hydrogen-bond donors (Lipinski definition) is 0. The Bertz CT molecular complexity index is 390. The number of fused-ring (bicyclic) bond motifs is 1. The molecule has 0 saturated carbocycles. The van der Waals surface area contributed by atoms with Gasteiger partial charge in [-0.15, -0.1) is 0 Å². The summed E-state index contributed by atoms with van der Waals surface area (Å²) >= 11 is 0. The van der Waals surface area contributed by atoms with E-state index in [-0.39, 0.29) is 5.41 Å². The molecule has 0 saturated heterocycles. The van der Waals surface area contributed by atoms with Crippen molar-refractivity contribution in [2.75, 3.05) is 0 Å². The first-order chi connectivity index (χ1) is 6.07. The van der Waals surface area contributed by atoms with Gasteiger partial charge in [-0.1, -0.05) is 20.8 Å². The van der Waals surface area contributed by atoms with Crippen LogP contribution >= 0.6 is 0 Å². The molecule has 0 amide bonds. The molecule has 0 aliphatic heterocycles. The lowest BCUT2D eigenvalue weighted by atomic mass is 9.93. The van der Waals surface area contributed by atoms with E-state index in [1.54, 1.807) is 6.20 Å². The van der Waals surface area contributed by atoms with Gasteiger partial charge in [0, 0.05) is 24.0 Å². The van der Waals surface area contributed by atoms with Gasteiger partial charge in [-0.2, -0.15) is 0 Å². The first kappa shape index (κ1) is 8.23. The molecule has 3 heteroatoms. The summed E-state index contributed by atoms with van der Waals surface area (Å²) in [5.41, 5.74) is 1.17. The third-order valence-corrected chi connectivity index (χ3v) is 2.00. The lowest BCUT2D eigenvalue weighted by Crippen LogP contribution is -2.11. The Hall–Kier alpha value is -1.38. The molecule has 0 N–H and O–H groups in total. The van der Waals surface area contributed by atoms with Crippen LogP contribution in [0.2, 0.25) is 0 Å². The van der Waals surface area contributed by atoms with Gasteiger partial charge in [-0.05, 0) is 6.07 Å². The molecule has 0 unspecified atom stereocenters. The molecule has 2 aromatic rings. The van der Waals surface area contributed by atoms with Gasteiger partial charge >= 0.3 is 0 Å². The van der Waals surface area contributed by atoms with Gasteiger partial charge in [0.1, 0.15) is 0 Å². The summed E-state index contributed by atoms with van der Waals surface area (Å²) in [6.45, 7) is 6.44. The molecular formula is C10H13N3. The lowest BCUT2D eigenvalue weighted by molar-refractivity contribution is 0.573. The van der Waals surface area contributed by atoms with Crippen molar-refractivity contribution in [1.29, 1.82) is 0 Å². The largest absolute Gasteiger partial charge is 0.291 e. The van der Waals surface area contributed by atoms with E-state index in [2.05, 4.69) is 30.7 Å². The highest BCUT2D eigenvalue weighted by Crippen LogP contribution is 2.20. The maximum Gasteiger partial charge on any atom is 0.233 e. The fourth-order valence-electron chi connectivity index (χ4n) is 1.19. The maximum absolute atomic E-state index is 4.44. The summed E-state index contributed by atoms with van der Waals surface area (Å²) in [6, 6.07) is 1.90. The molecule has 0 spiro atoms. The lowest BCUT2D eigenvalue weighted by Gasteiger charge is -2.13. The van der Waals surface area contributed by atoms with Crippen LogP contribution in [0.15, 0.2) is 24.7 Å².